The minimum absolute atomic E-state index is 0.0108. The summed E-state index contributed by atoms with van der Waals surface area (Å²) < 4.78 is 0. The molecule has 0 spiro atoms. The zero-order valence-electron chi connectivity index (χ0n) is 14.3. The summed E-state index contributed by atoms with van der Waals surface area (Å²) in [5, 5.41) is 11.7. The van der Waals surface area contributed by atoms with Crippen LogP contribution in [-0.4, -0.2) is 22.7 Å². The summed E-state index contributed by atoms with van der Waals surface area (Å²) in [6, 6.07) is 17.4. The van der Waals surface area contributed by atoms with Crippen LogP contribution in [0.2, 0.25) is 0 Å². The van der Waals surface area contributed by atoms with Gasteiger partial charge in [0.25, 0.3) is 0 Å². The predicted octanol–water partition coefficient (Wildman–Crippen LogP) is 4.53. The third kappa shape index (κ3) is 6.27. The van der Waals surface area contributed by atoms with E-state index in [1.807, 2.05) is 54.6 Å². The van der Waals surface area contributed by atoms with Crippen LogP contribution >= 0.6 is 11.8 Å². The first-order valence-electron chi connectivity index (χ1n) is 8.34. The van der Waals surface area contributed by atoms with Gasteiger partial charge in [-0.3, -0.25) is 9.59 Å². The molecule has 1 atom stereocenters. The van der Waals surface area contributed by atoms with Crippen LogP contribution < -0.4 is 5.32 Å². The molecule has 25 heavy (non-hydrogen) atoms. The number of carbonyl (C=O) groups excluding carboxylic acids is 1. The molecule has 5 heteroatoms. The van der Waals surface area contributed by atoms with Crippen LogP contribution in [0.1, 0.15) is 36.8 Å². The second-order valence-corrected chi connectivity index (χ2v) is 6.81. The van der Waals surface area contributed by atoms with Crippen LogP contribution in [0.4, 0.5) is 5.69 Å². The van der Waals surface area contributed by atoms with Gasteiger partial charge >= 0.3 is 5.97 Å². The number of carbonyl (C=O) groups is 2. The van der Waals surface area contributed by atoms with Gasteiger partial charge in [-0.1, -0.05) is 55.8 Å². The third-order valence-electron chi connectivity index (χ3n) is 3.78. The quantitative estimate of drug-likeness (QED) is 0.692. The highest BCUT2D eigenvalue weighted by Crippen LogP contribution is 2.24. The Morgan fingerprint density at radius 1 is 1.12 bits per heavy atom. The number of benzene rings is 2. The number of hydrogen-bond donors (Lipinski definition) is 2. The fourth-order valence-corrected chi connectivity index (χ4v) is 3.34. The van der Waals surface area contributed by atoms with Gasteiger partial charge in [0.2, 0.25) is 5.91 Å². The molecule has 0 saturated carbocycles. The molecular weight excluding hydrogens is 334 g/mol. The number of thioether (sulfide) groups is 1. The highest BCUT2D eigenvalue weighted by molar-refractivity contribution is 7.99. The first-order chi connectivity index (χ1) is 12.1. The molecule has 0 bridgehead atoms. The Kier molecular flexibility index (Phi) is 7.54. The summed E-state index contributed by atoms with van der Waals surface area (Å²) in [4.78, 5) is 23.3. The molecule has 0 aliphatic heterocycles. The predicted molar refractivity (Wildman–Crippen MR) is 103 cm³/mol. The molecule has 132 valence electrons. The number of carboxylic acid groups (broad SMARTS) is 1. The fraction of sp³-hybridized carbons (Fsp3) is 0.300. The van der Waals surface area contributed by atoms with Crippen LogP contribution in [0.5, 0.6) is 0 Å². The topological polar surface area (TPSA) is 66.4 Å². The minimum Gasteiger partial charge on any atom is -0.481 e. The van der Waals surface area contributed by atoms with E-state index in [9.17, 15) is 9.59 Å². The van der Waals surface area contributed by atoms with E-state index >= 15 is 0 Å². The maximum absolute atomic E-state index is 12.7. The SMILES string of the molecule is CCCC(C(=O)Nc1cccc(CSCC(=O)O)c1)c1ccccc1. The van der Waals surface area contributed by atoms with E-state index in [0.717, 1.165) is 29.7 Å². The lowest BCUT2D eigenvalue weighted by Gasteiger charge is -2.17. The number of amides is 1. The van der Waals surface area contributed by atoms with Crippen LogP contribution in [-0.2, 0) is 15.3 Å². The highest BCUT2D eigenvalue weighted by atomic mass is 32.2. The molecule has 1 amide bonds. The third-order valence-corrected chi connectivity index (χ3v) is 4.77. The van der Waals surface area contributed by atoms with E-state index in [1.54, 1.807) is 0 Å². The lowest BCUT2D eigenvalue weighted by atomic mass is 9.93. The Labute approximate surface area is 152 Å². The fourth-order valence-electron chi connectivity index (χ4n) is 2.65. The summed E-state index contributed by atoms with van der Waals surface area (Å²) >= 11 is 1.34. The Bertz CT molecular complexity index is 703. The maximum atomic E-state index is 12.7. The van der Waals surface area contributed by atoms with Crippen molar-refractivity contribution in [1.29, 1.82) is 0 Å². The van der Waals surface area contributed by atoms with E-state index in [-0.39, 0.29) is 17.6 Å². The number of rotatable bonds is 9. The molecule has 0 radical (unpaired) electrons. The van der Waals surface area contributed by atoms with Crippen molar-refractivity contribution in [3.05, 3.63) is 65.7 Å². The molecular formula is C20H23NO3S. The van der Waals surface area contributed by atoms with E-state index < -0.39 is 5.97 Å². The Morgan fingerprint density at radius 2 is 1.88 bits per heavy atom. The summed E-state index contributed by atoms with van der Waals surface area (Å²) in [5.74, 6) is -0.324. The van der Waals surface area contributed by atoms with Crippen molar-refractivity contribution in [2.24, 2.45) is 0 Å². The molecule has 4 nitrogen and oxygen atoms in total. The van der Waals surface area contributed by atoms with Gasteiger partial charge in [-0.05, 0) is 29.7 Å². The normalized spacial score (nSPS) is 11.7. The van der Waals surface area contributed by atoms with Gasteiger partial charge in [0.05, 0.1) is 11.7 Å². The Morgan fingerprint density at radius 3 is 2.56 bits per heavy atom. The molecule has 0 saturated heterocycles. The van der Waals surface area contributed by atoms with Gasteiger partial charge in [0.15, 0.2) is 0 Å². The van der Waals surface area contributed by atoms with Crippen LogP contribution in [0.15, 0.2) is 54.6 Å². The number of aliphatic carboxylic acids is 1. The summed E-state index contributed by atoms with van der Waals surface area (Å²) in [6.45, 7) is 2.07. The molecule has 0 aromatic heterocycles. The first-order valence-corrected chi connectivity index (χ1v) is 9.50. The average Bonchev–Trinajstić information content (AvgIpc) is 2.60. The largest absolute Gasteiger partial charge is 0.481 e. The van der Waals surface area contributed by atoms with Crippen LogP contribution in [0.3, 0.4) is 0 Å². The van der Waals surface area contributed by atoms with E-state index in [1.165, 1.54) is 11.8 Å². The molecule has 2 rings (SSSR count). The van der Waals surface area contributed by atoms with Crippen molar-refractivity contribution in [3.63, 3.8) is 0 Å². The molecule has 2 aromatic carbocycles. The van der Waals surface area contributed by atoms with Crippen LogP contribution in [0, 0.1) is 0 Å². The Hall–Kier alpha value is -2.27. The zero-order valence-corrected chi connectivity index (χ0v) is 15.1. The zero-order chi connectivity index (χ0) is 18.1. The molecule has 0 fully saturated rings. The monoisotopic (exact) mass is 357 g/mol. The van der Waals surface area contributed by atoms with Gasteiger partial charge in [-0.2, -0.15) is 0 Å². The molecule has 1 unspecified atom stereocenters. The second-order valence-electron chi connectivity index (χ2n) is 5.83. The maximum Gasteiger partial charge on any atom is 0.313 e. The van der Waals surface area contributed by atoms with Crippen molar-refractivity contribution < 1.29 is 14.7 Å². The van der Waals surface area contributed by atoms with Crippen molar-refractivity contribution in [1.82, 2.24) is 0 Å². The van der Waals surface area contributed by atoms with Gasteiger partial charge < -0.3 is 10.4 Å². The number of anilines is 1. The smallest absolute Gasteiger partial charge is 0.313 e. The highest BCUT2D eigenvalue weighted by Gasteiger charge is 2.19. The van der Waals surface area contributed by atoms with Crippen molar-refractivity contribution in [3.8, 4) is 0 Å². The molecule has 0 aliphatic rings. The second kappa shape index (κ2) is 9.89. The van der Waals surface area contributed by atoms with Crippen molar-refractivity contribution in [2.45, 2.75) is 31.4 Å². The lowest BCUT2D eigenvalue weighted by molar-refractivity contribution is -0.133. The molecule has 2 aromatic rings. The average molecular weight is 357 g/mol. The lowest BCUT2D eigenvalue weighted by Crippen LogP contribution is -2.21. The van der Waals surface area contributed by atoms with Crippen molar-refractivity contribution >= 4 is 29.3 Å². The van der Waals surface area contributed by atoms with E-state index in [0.29, 0.717) is 5.75 Å². The standard InChI is InChI=1S/C20H23NO3S/c1-2-7-18(16-9-4-3-5-10-16)20(24)21-17-11-6-8-15(12-17)13-25-14-19(22)23/h3-6,8-12,18H,2,7,13-14H2,1H3,(H,21,24)(H,22,23). The summed E-state index contributed by atoms with van der Waals surface area (Å²) in [6.07, 6.45) is 1.73. The number of nitrogens with one attached hydrogen (secondary N) is 1. The minimum atomic E-state index is -0.820. The van der Waals surface area contributed by atoms with Crippen molar-refractivity contribution in [2.75, 3.05) is 11.1 Å². The first kappa shape index (κ1) is 19.1. The van der Waals surface area contributed by atoms with Gasteiger partial charge in [0, 0.05) is 11.4 Å². The van der Waals surface area contributed by atoms with Crippen LogP contribution in [0.25, 0.3) is 0 Å². The van der Waals surface area contributed by atoms with Gasteiger partial charge in [0.1, 0.15) is 0 Å². The van der Waals surface area contributed by atoms with E-state index in [4.69, 9.17) is 5.11 Å². The van der Waals surface area contributed by atoms with Gasteiger partial charge in [-0.25, -0.2) is 0 Å². The van der Waals surface area contributed by atoms with Gasteiger partial charge in [-0.15, -0.1) is 11.8 Å². The Balaban J connectivity index is 2.04. The number of carboxylic acids is 1. The molecule has 0 aliphatic carbocycles. The molecule has 0 heterocycles. The molecule has 2 N–H and O–H groups in total. The summed E-state index contributed by atoms with van der Waals surface area (Å²) in [7, 11) is 0. The number of hydrogen-bond acceptors (Lipinski definition) is 3. The summed E-state index contributed by atoms with van der Waals surface area (Å²) in [5.41, 5.74) is 2.77. The van der Waals surface area contributed by atoms with E-state index in [2.05, 4.69) is 12.2 Å².